The number of thiazole rings is 1. The second-order valence-electron chi connectivity index (χ2n) is 6.98. The molecule has 1 aliphatic carbocycles. The number of fused-ring (bicyclic) bond motifs is 1. The number of hydrogen-bond donors (Lipinski definition) is 1. The summed E-state index contributed by atoms with van der Waals surface area (Å²) in [5, 5.41) is 5.28. The summed E-state index contributed by atoms with van der Waals surface area (Å²) in [6.07, 6.45) is 7.28. The molecule has 0 aliphatic heterocycles. The molecule has 0 bridgehead atoms. The van der Waals surface area contributed by atoms with Crippen LogP contribution in [0.15, 0.2) is 41.9 Å². The van der Waals surface area contributed by atoms with E-state index in [1.54, 1.807) is 11.3 Å². The van der Waals surface area contributed by atoms with Crippen LogP contribution in [0.25, 0.3) is 16.2 Å². The lowest BCUT2D eigenvalue weighted by Gasteiger charge is -2.29. The first-order valence-corrected chi connectivity index (χ1v) is 9.89. The Balaban J connectivity index is 1.49. The molecule has 4 rings (SSSR count). The minimum absolute atomic E-state index is 0.119. The minimum atomic E-state index is 0.119. The predicted molar refractivity (Wildman–Crippen MR) is 102 cm³/mol. The number of carbonyl (C=O) groups is 1. The SMILES string of the molecule is C[C@H]1CCCC[C@@H]1NC(=O)Cc1csc2nc(-c3ccccc3)cn12. The number of nitrogens with zero attached hydrogens (tertiary/aromatic N) is 2. The maximum atomic E-state index is 12.5. The number of amides is 1. The van der Waals surface area contributed by atoms with Crippen molar-refractivity contribution in [2.45, 2.75) is 45.1 Å². The maximum absolute atomic E-state index is 12.5. The molecule has 1 saturated carbocycles. The molecule has 3 aromatic rings. The van der Waals surface area contributed by atoms with Crippen molar-refractivity contribution in [2.75, 3.05) is 0 Å². The van der Waals surface area contributed by atoms with Crippen LogP contribution < -0.4 is 5.32 Å². The van der Waals surface area contributed by atoms with Crippen molar-refractivity contribution in [3.05, 3.63) is 47.6 Å². The van der Waals surface area contributed by atoms with Crippen LogP contribution in [0.3, 0.4) is 0 Å². The average Bonchev–Trinajstić information content (AvgIpc) is 3.20. The second kappa shape index (κ2) is 7.00. The molecular formula is C20H23N3OS. The molecule has 2 heterocycles. The van der Waals surface area contributed by atoms with E-state index in [1.807, 2.05) is 29.8 Å². The second-order valence-corrected chi connectivity index (χ2v) is 7.82. The Morgan fingerprint density at radius 1 is 1.28 bits per heavy atom. The third kappa shape index (κ3) is 3.47. The number of rotatable bonds is 4. The van der Waals surface area contributed by atoms with Crippen molar-refractivity contribution >= 4 is 22.2 Å². The number of benzene rings is 1. The molecule has 1 aromatic carbocycles. The summed E-state index contributed by atoms with van der Waals surface area (Å²) in [6, 6.07) is 10.5. The van der Waals surface area contributed by atoms with E-state index in [-0.39, 0.29) is 5.91 Å². The molecule has 1 aliphatic rings. The van der Waals surface area contributed by atoms with Gasteiger partial charge in [-0.3, -0.25) is 9.20 Å². The molecule has 0 unspecified atom stereocenters. The molecule has 1 N–H and O–H groups in total. The topological polar surface area (TPSA) is 46.4 Å². The van der Waals surface area contributed by atoms with Gasteiger partial charge in [0, 0.05) is 28.9 Å². The first-order chi connectivity index (χ1) is 12.2. The maximum Gasteiger partial charge on any atom is 0.226 e. The first kappa shape index (κ1) is 16.3. The Morgan fingerprint density at radius 2 is 2.08 bits per heavy atom. The standard InChI is InChI=1S/C20H23N3OS/c1-14-7-5-6-10-17(14)21-19(24)11-16-13-25-20-22-18(12-23(16)20)15-8-3-2-4-9-15/h2-4,8-9,12-14,17H,5-7,10-11H2,1H3,(H,21,24)/t14-,17-/m0/s1. The molecule has 0 saturated heterocycles. The van der Waals surface area contributed by atoms with Gasteiger partial charge in [-0.2, -0.15) is 0 Å². The zero-order valence-electron chi connectivity index (χ0n) is 14.4. The number of nitrogens with one attached hydrogen (secondary N) is 1. The van der Waals surface area contributed by atoms with Gasteiger partial charge in [0.25, 0.3) is 0 Å². The van der Waals surface area contributed by atoms with E-state index in [9.17, 15) is 4.79 Å². The summed E-state index contributed by atoms with van der Waals surface area (Å²) >= 11 is 1.59. The van der Waals surface area contributed by atoms with E-state index in [4.69, 9.17) is 0 Å². The summed E-state index contributed by atoms with van der Waals surface area (Å²) in [6.45, 7) is 2.24. The predicted octanol–water partition coefficient (Wildman–Crippen LogP) is 4.30. The Morgan fingerprint density at radius 3 is 2.88 bits per heavy atom. The van der Waals surface area contributed by atoms with Gasteiger partial charge in [0.1, 0.15) is 0 Å². The number of aromatic nitrogens is 2. The molecule has 2 aromatic heterocycles. The molecule has 4 nitrogen and oxygen atoms in total. The lowest BCUT2D eigenvalue weighted by molar-refractivity contribution is -0.121. The lowest BCUT2D eigenvalue weighted by atomic mass is 9.86. The van der Waals surface area contributed by atoms with Gasteiger partial charge in [0.15, 0.2) is 4.96 Å². The Labute approximate surface area is 151 Å². The third-order valence-corrected chi connectivity index (χ3v) is 6.04. The van der Waals surface area contributed by atoms with E-state index < -0.39 is 0 Å². The van der Waals surface area contributed by atoms with Crippen LogP contribution in [0, 0.1) is 5.92 Å². The molecule has 1 amide bonds. The van der Waals surface area contributed by atoms with Crippen molar-refractivity contribution in [1.82, 2.24) is 14.7 Å². The number of hydrogen-bond acceptors (Lipinski definition) is 3. The molecule has 1 fully saturated rings. The zero-order valence-corrected chi connectivity index (χ0v) is 15.3. The van der Waals surface area contributed by atoms with Crippen LogP contribution in [0.4, 0.5) is 0 Å². The highest BCUT2D eigenvalue weighted by molar-refractivity contribution is 7.15. The third-order valence-electron chi connectivity index (χ3n) is 5.15. The average molecular weight is 353 g/mol. The van der Waals surface area contributed by atoms with E-state index in [2.05, 4.69) is 33.8 Å². The van der Waals surface area contributed by atoms with Crippen LogP contribution >= 0.6 is 11.3 Å². The fraction of sp³-hybridized carbons (Fsp3) is 0.400. The Hall–Kier alpha value is -2.14. The molecular weight excluding hydrogens is 330 g/mol. The van der Waals surface area contributed by atoms with Gasteiger partial charge < -0.3 is 5.32 Å². The van der Waals surface area contributed by atoms with E-state index in [1.165, 1.54) is 19.3 Å². The van der Waals surface area contributed by atoms with Crippen LogP contribution in [-0.2, 0) is 11.2 Å². The van der Waals surface area contributed by atoms with Crippen LogP contribution in [-0.4, -0.2) is 21.3 Å². The largest absolute Gasteiger partial charge is 0.353 e. The summed E-state index contributed by atoms with van der Waals surface area (Å²) in [5.41, 5.74) is 3.07. The summed E-state index contributed by atoms with van der Waals surface area (Å²) in [5.74, 6) is 0.700. The van der Waals surface area contributed by atoms with Crippen LogP contribution in [0.2, 0.25) is 0 Å². The van der Waals surface area contributed by atoms with Crippen molar-refractivity contribution < 1.29 is 4.79 Å². The monoisotopic (exact) mass is 353 g/mol. The van der Waals surface area contributed by atoms with Gasteiger partial charge in [0.05, 0.1) is 12.1 Å². The van der Waals surface area contributed by atoms with Gasteiger partial charge in [-0.25, -0.2) is 4.98 Å². The van der Waals surface area contributed by atoms with Gasteiger partial charge in [-0.15, -0.1) is 11.3 Å². The van der Waals surface area contributed by atoms with Crippen LogP contribution in [0.5, 0.6) is 0 Å². The van der Waals surface area contributed by atoms with Crippen molar-refractivity contribution in [3.63, 3.8) is 0 Å². The van der Waals surface area contributed by atoms with Crippen LogP contribution in [0.1, 0.15) is 38.3 Å². The highest BCUT2D eigenvalue weighted by Crippen LogP contribution is 2.25. The molecule has 0 spiro atoms. The van der Waals surface area contributed by atoms with Crippen molar-refractivity contribution in [3.8, 4) is 11.3 Å². The zero-order chi connectivity index (χ0) is 17.2. The highest BCUT2D eigenvalue weighted by Gasteiger charge is 2.23. The molecule has 0 radical (unpaired) electrons. The van der Waals surface area contributed by atoms with E-state index >= 15 is 0 Å². The van der Waals surface area contributed by atoms with Gasteiger partial charge in [0.2, 0.25) is 5.91 Å². The van der Waals surface area contributed by atoms with Crippen molar-refractivity contribution in [1.29, 1.82) is 0 Å². The molecule has 2 atom stereocenters. The van der Waals surface area contributed by atoms with Gasteiger partial charge in [-0.1, -0.05) is 50.1 Å². The first-order valence-electron chi connectivity index (χ1n) is 9.01. The van der Waals surface area contributed by atoms with E-state index in [0.29, 0.717) is 18.4 Å². The lowest BCUT2D eigenvalue weighted by Crippen LogP contribution is -2.41. The fourth-order valence-corrected chi connectivity index (χ4v) is 4.53. The summed E-state index contributed by atoms with van der Waals surface area (Å²) < 4.78 is 2.05. The Bertz CT molecular complexity index is 868. The minimum Gasteiger partial charge on any atom is -0.353 e. The quantitative estimate of drug-likeness (QED) is 0.760. The summed E-state index contributed by atoms with van der Waals surface area (Å²) in [4.78, 5) is 18.1. The highest BCUT2D eigenvalue weighted by atomic mass is 32.1. The molecule has 25 heavy (non-hydrogen) atoms. The smallest absolute Gasteiger partial charge is 0.226 e. The molecule has 5 heteroatoms. The van der Waals surface area contributed by atoms with E-state index in [0.717, 1.165) is 28.3 Å². The van der Waals surface area contributed by atoms with Gasteiger partial charge in [-0.05, 0) is 18.8 Å². The van der Waals surface area contributed by atoms with Crippen molar-refractivity contribution in [2.24, 2.45) is 5.92 Å². The number of imidazole rings is 1. The number of carbonyl (C=O) groups excluding carboxylic acids is 1. The fourth-order valence-electron chi connectivity index (χ4n) is 3.66. The van der Waals surface area contributed by atoms with Gasteiger partial charge >= 0.3 is 0 Å². The summed E-state index contributed by atoms with van der Waals surface area (Å²) in [7, 11) is 0. The Kier molecular flexibility index (Phi) is 4.57. The normalized spacial score (nSPS) is 20.7. The molecule has 130 valence electrons.